The van der Waals surface area contributed by atoms with Crippen molar-refractivity contribution >= 4 is 0 Å². The van der Waals surface area contributed by atoms with Gasteiger partial charge in [-0.25, -0.2) is 0 Å². The monoisotopic (exact) mass is 276 g/mol. The molecule has 0 radical (unpaired) electrons. The predicted octanol–water partition coefficient (Wildman–Crippen LogP) is 3.22. The molecule has 0 amide bonds. The Morgan fingerprint density at radius 3 is 2.55 bits per heavy atom. The molecule has 112 valence electrons. The molecule has 0 spiro atoms. The Labute approximate surface area is 123 Å². The second-order valence-corrected chi connectivity index (χ2v) is 6.05. The maximum absolute atomic E-state index is 5.73. The molecule has 1 aromatic carbocycles. The van der Waals surface area contributed by atoms with Crippen LogP contribution in [0.3, 0.4) is 0 Å². The lowest BCUT2D eigenvalue weighted by molar-refractivity contribution is 0.0575. The van der Waals surface area contributed by atoms with Gasteiger partial charge >= 0.3 is 0 Å². The maximum atomic E-state index is 5.73. The average molecular weight is 276 g/mol. The Morgan fingerprint density at radius 1 is 1.30 bits per heavy atom. The van der Waals surface area contributed by atoms with Crippen LogP contribution in [0.1, 0.15) is 44.7 Å². The standard InChI is InChI=1S/C17H28N2O/c1-5-20-16-10-7-6-9-15(16)14(2)18-13-17(19(3)4)11-8-12-17/h6-7,9-10,14,18H,5,8,11-13H2,1-4H3. The van der Waals surface area contributed by atoms with Crippen molar-refractivity contribution in [1.82, 2.24) is 10.2 Å². The molecule has 1 aliphatic rings. The number of hydrogen-bond donors (Lipinski definition) is 1. The fourth-order valence-corrected chi connectivity index (χ4v) is 2.95. The van der Waals surface area contributed by atoms with Crippen molar-refractivity contribution in [2.24, 2.45) is 0 Å². The van der Waals surface area contributed by atoms with Crippen LogP contribution in [0.4, 0.5) is 0 Å². The van der Waals surface area contributed by atoms with Gasteiger partial charge in [-0.1, -0.05) is 18.2 Å². The molecular weight excluding hydrogens is 248 g/mol. The van der Waals surface area contributed by atoms with Gasteiger partial charge in [0.15, 0.2) is 0 Å². The van der Waals surface area contributed by atoms with Crippen molar-refractivity contribution in [3.63, 3.8) is 0 Å². The third kappa shape index (κ3) is 3.15. The zero-order valence-corrected chi connectivity index (χ0v) is 13.3. The van der Waals surface area contributed by atoms with Crippen LogP contribution in [-0.4, -0.2) is 37.7 Å². The van der Waals surface area contributed by atoms with Crippen molar-refractivity contribution in [1.29, 1.82) is 0 Å². The highest BCUT2D eigenvalue weighted by Gasteiger charge is 2.38. The van der Waals surface area contributed by atoms with Crippen molar-refractivity contribution in [3.05, 3.63) is 29.8 Å². The van der Waals surface area contributed by atoms with Gasteiger partial charge in [-0.05, 0) is 53.3 Å². The fourth-order valence-electron chi connectivity index (χ4n) is 2.95. The molecule has 0 aromatic heterocycles. The van der Waals surface area contributed by atoms with Crippen LogP contribution in [0.25, 0.3) is 0 Å². The smallest absolute Gasteiger partial charge is 0.124 e. The number of nitrogens with one attached hydrogen (secondary N) is 1. The van der Waals surface area contributed by atoms with Crippen LogP contribution in [0.15, 0.2) is 24.3 Å². The SMILES string of the molecule is CCOc1ccccc1C(C)NCC1(N(C)C)CCC1. The Hall–Kier alpha value is -1.06. The van der Waals surface area contributed by atoms with Crippen molar-refractivity contribution in [2.75, 3.05) is 27.2 Å². The molecule has 1 unspecified atom stereocenters. The molecule has 1 N–H and O–H groups in total. The van der Waals surface area contributed by atoms with Crippen molar-refractivity contribution in [2.45, 2.75) is 44.7 Å². The molecule has 1 fully saturated rings. The third-order valence-electron chi connectivity index (χ3n) is 4.66. The van der Waals surface area contributed by atoms with E-state index in [1.165, 1.54) is 24.8 Å². The highest BCUT2D eigenvalue weighted by atomic mass is 16.5. The van der Waals surface area contributed by atoms with Gasteiger partial charge in [0, 0.05) is 23.7 Å². The minimum absolute atomic E-state index is 0.315. The van der Waals surface area contributed by atoms with Gasteiger partial charge < -0.3 is 15.0 Å². The van der Waals surface area contributed by atoms with E-state index in [1.807, 2.05) is 13.0 Å². The summed E-state index contributed by atoms with van der Waals surface area (Å²) in [5, 5.41) is 3.70. The number of para-hydroxylation sites is 1. The first-order valence-corrected chi connectivity index (χ1v) is 7.71. The molecule has 0 bridgehead atoms. The van der Waals surface area contributed by atoms with Crippen LogP contribution in [0.5, 0.6) is 5.75 Å². The minimum Gasteiger partial charge on any atom is -0.494 e. The first kappa shape index (κ1) is 15.3. The Morgan fingerprint density at radius 2 is 2.00 bits per heavy atom. The van der Waals surface area contributed by atoms with E-state index in [-0.39, 0.29) is 0 Å². The Bertz CT molecular complexity index is 427. The fraction of sp³-hybridized carbons (Fsp3) is 0.647. The topological polar surface area (TPSA) is 24.5 Å². The number of ether oxygens (including phenoxy) is 1. The van der Waals surface area contributed by atoms with Gasteiger partial charge in [-0.3, -0.25) is 0 Å². The molecule has 1 aliphatic carbocycles. The van der Waals surface area contributed by atoms with E-state index in [0.29, 0.717) is 18.2 Å². The quantitative estimate of drug-likeness (QED) is 0.827. The van der Waals surface area contributed by atoms with E-state index < -0.39 is 0 Å². The highest BCUT2D eigenvalue weighted by molar-refractivity contribution is 5.35. The van der Waals surface area contributed by atoms with Gasteiger partial charge in [0.25, 0.3) is 0 Å². The molecule has 1 saturated carbocycles. The van der Waals surface area contributed by atoms with Gasteiger partial charge in [0.1, 0.15) is 5.75 Å². The van der Waals surface area contributed by atoms with Gasteiger partial charge in [0.2, 0.25) is 0 Å². The summed E-state index contributed by atoms with van der Waals surface area (Å²) in [5.41, 5.74) is 1.61. The highest BCUT2D eigenvalue weighted by Crippen LogP contribution is 2.36. The number of likely N-dealkylation sites (N-methyl/N-ethyl adjacent to an activating group) is 1. The molecular formula is C17H28N2O. The lowest BCUT2D eigenvalue weighted by Gasteiger charge is -2.48. The van der Waals surface area contributed by atoms with Gasteiger partial charge in [-0.2, -0.15) is 0 Å². The van der Waals surface area contributed by atoms with Crippen LogP contribution in [0, 0.1) is 0 Å². The third-order valence-corrected chi connectivity index (χ3v) is 4.66. The second-order valence-electron chi connectivity index (χ2n) is 6.05. The zero-order chi connectivity index (χ0) is 14.6. The lowest BCUT2D eigenvalue weighted by Crippen LogP contribution is -2.56. The molecule has 0 heterocycles. The van der Waals surface area contributed by atoms with Gasteiger partial charge in [0.05, 0.1) is 6.61 Å². The molecule has 1 atom stereocenters. The van der Waals surface area contributed by atoms with E-state index in [2.05, 4.69) is 49.4 Å². The zero-order valence-electron chi connectivity index (χ0n) is 13.3. The van der Waals surface area contributed by atoms with Gasteiger partial charge in [-0.15, -0.1) is 0 Å². The summed E-state index contributed by atoms with van der Waals surface area (Å²) in [6, 6.07) is 8.65. The second kappa shape index (κ2) is 6.59. The molecule has 2 rings (SSSR count). The molecule has 3 heteroatoms. The van der Waals surface area contributed by atoms with Crippen LogP contribution < -0.4 is 10.1 Å². The number of hydrogen-bond acceptors (Lipinski definition) is 3. The molecule has 20 heavy (non-hydrogen) atoms. The maximum Gasteiger partial charge on any atom is 0.124 e. The van der Waals surface area contributed by atoms with E-state index >= 15 is 0 Å². The first-order valence-electron chi connectivity index (χ1n) is 7.71. The van der Waals surface area contributed by atoms with Crippen LogP contribution >= 0.6 is 0 Å². The summed E-state index contributed by atoms with van der Waals surface area (Å²) in [6.07, 6.45) is 3.95. The van der Waals surface area contributed by atoms with E-state index in [9.17, 15) is 0 Å². The molecule has 0 saturated heterocycles. The van der Waals surface area contributed by atoms with Crippen LogP contribution in [0.2, 0.25) is 0 Å². The summed E-state index contributed by atoms with van der Waals surface area (Å²) in [6.45, 7) is 6.01. The van der Waals surface area contributed by atoms with E-state index in [1.54, 1.807) is 0 Å². The lowest BCUT2D eigenvalue weighted by atomic mass is 9.75. The number of benzene rings is 1. The minimum atomic E-state index is 0.315. The Kier molecular flexibility index (Phi) is 5.06. The molecule has 1 aromatic rings. The average Bonchev–Trinajstić information content (AvgIpc) is 2.38. The van der Waals surface area contributed by atoms with Crippen LogP contribution in [-0.2, 0) is 0 Å². The summed E-state index contributed by atoms with van der Waals surface area (Å²) in [7, 11) is 4.39. The summed E-state index contributed by atoms with van der Waals surface area (Å²) >= 11 is 0. The van der Waals surface area contributed by atoms with E-state index in [0.717, 1.165) is 12.3 Å². The summed E-state index contributed by atoms with van der Waals surface area (Å²) in [5.74, 6) is 1.00. The summed E-state index contributed by atoms with van der Waals surface area (Å²) < 4.78 is 5.73. The number of rotatable bonds is 7. The van der Waals surface area contributed by atoms with E-state index in [4.69, 9.17) is 4.74 Å². The largest absolute Gasteiger partial charge is 0.494 e. The van der Waals surface area contributed by atoms with Crippen molar-refractivity contribution < 1.29 is 4.74 Å². The first-order chi connectivity index (χ1) is 9.59. The normalized spacial score (nSPS) is 18.6. The molecule has 3 nitrogen and oxygen atoms in total. The predicted molar refractivity (Wildman–Crippen MR) is 84.3 cm³/mol. The van der Waals surface area contributed by atoms with Crippen molar-refractivity contribution in [3.8, 4) is 5.75 Å². The number of nitrogens with zero attached hydrogens (tertiary/aromatic N) is 1. The summed E-state index contributed by atoms with van der Waals surface area (Å²) in [4.78, 5) is 2.38. The Balaban J connectivity index is 2.00. The molecule has 0 aliphatic heterocycles.